The van der Waals surface area contributed by atoms with Crippen LogP contribution in [0.2, 0.25) is 5.02 Å². The molecule has 5 heteroatoms. The van der Waals surface area contributed by atoms with Gasteiger partial charge in [0.2, 0.25) is 5.91 Å². The molecule has 0 aromatic heterocycles. The molecule has 1 aliphatic rings. The molecule has 1 saturated heterocycles. The number of halogens is 1. The van der Waals surface area contributed by atoms with E-state index in [1.807, 2.05) is 24.3 Å². The Morgan fingerprint density at radius 1 is 1.45 bits per heavy atom. The zero-order valence-electron chi connectivity index (χ0n) is 11.9. The fraction of sp³-hybridized carbons (Fsp3) is 0.533. The number of hydrogen-bond donors (Lipinski definition) is 1. The number of carbonyl (C=O) groups is 1. The van der Waals surface area contributed by atoms with Gasteiger partial charge in [0.05, 0.1) is 18.2 Å². The third kappa shape index (κ3) is 3.95. The van der Waals surface area contributed by atoms with E-state index in [4.69, 9.17) is 22.1 Å². The third-order valence-electron chi connectivity index (χ3n) is 3.35. The maximum absolute atomic E-state index is 12.2. The van der Waals surface area contributed by atoms with Gasteiger partial charge in [-0.05, 0) is 31.5 Å². The van der Waals surface area contributed by atoms with E-state index in [1.165, 1.54) is 0 Å². The highest BCUT2D eigenvalue weighted by Gasteiger charge is 2.31. The van der Waals surface area contributed by atoms with Crippen molar-refractivity contribution in [2.24, 2.45) is 5.73 Å². The summed E-state index contributed by atoms with van der Waals surface area (Å²) in [6, 6.07) is 7.70. The molecule has 1 aliphatic heterocycles. The molecule has 4 nitrogen and oxygen atoms in total. The summed E-state index contributed by atoms with van der Waals surface area (Å²) in [5, 5.41) is 0.722. The van der Waals surface area contributed by atoms with Crippen molar-refractivity contribution in [3.8, 4) is 0 Å². The Bertz CT molecular complexity index is 468. The molecule has 2 N–H and O–H groups in total. The number of amides is 1. The van der Waals surface area contributed by atoms with Gasteiger partial charge in [0.1, 0.15) is 0 Å². The SMILES string of the molecule is CC(C)(N)C(=O)N1CCO[C@@H](Cc2ccc(Cl)cc2)C1. The first-order chi connectivity index (χ1) is 9.36. The summed E-state index contributed by atoms with van der Waals surface area (Å²) < 4.78 is 5.74. The highest BCUT2D eigenvalue weighted by molar-refractivity contribution is 6.30. The number of nitrogens with zero attached hydrogens (tertiary/aromatic N) is 1. The van der Waals surface area contributed by atoms with E-state index in [0.29, 0.717) is 19.7 Å². The first-order valence-corrected chi connectivity index (χ1v) is 7.18. The molecular weight excluding hydrogens is 276 g/mol. The standard InChI is InChI=1S/C15H21ClN2O2/c1-15(2,17)14(19)18-7-8-20-13(10-18)9-11-3-5-12(16)6-4-11/h3-6,13H,7-10,17H2,1-2H3/t13-/m0/s1. The van der Waals surface area contributed by atoms with Crippen LogP contribution in [-0.4, -0.2) is 42.1 Å². The van der Waals surface area contributed by atoms with Gasteiger partial charge in [-0.3, -0.25) is 4.79 Å². The molecule has 1 heterocycles. The average Bonchev–Trinajstić information content (AvgIpc) is 2.40. The molecule has 1 amide bonds. The lowest BCUT2D eigenvalue weighted by atomic mass is 10.0. The van der Waals surface area contributed by atoms with E-state index in [-0.39, 0.29) is 12.0 Å². The van der Waals surface area contributed by atoms with E-state index in [2.05, 4.69) is 0 Å². The lowest BCUT2D eigenvalue weighted by Crippen LogP contribution is -2.56. The molecule has 0 saturated carbocycles. The van der Waals surface area contributed by atoms with Gasteiger partial charge in [-0.25, -0.2) is 0 Å². The molecule has 0 spiro atoms. The van der Waals surface area contributed by atoms with Crippen molar-refractivity contribution in [3.63, 3.8) is 0 Å². The Labute approximate surface area is 124 Å². The zero-order chi connectivity index (χ0) is 14.8. The van der Waals surface area contributed by atoms with Crippen molar-refractivity contribution < 1.29 is 9.53 Å². The van der Waals surface area contributed by atoms with Crippen molar-refractivity contribution in [2.45, 2.75) is 31.9 Å². The fourth-order valence-corrected chi connectivity index (χ4v) is 2.44. The van der Waals surface area contributed by atoms with Crippen molar-refractivity contribution in [3.05, 3.63) is 34.9 Å². The summed E-state index contributed by atoms with van der Waals surface area (Å²) >= 11 is 5.87. The maximum atomic E-state index is 12.2. The number of carbonyl (C=O) groups excluding carboxylic acids is 1. The topological polar surface area (TPSA) is 55.6 Å². The molecule has 0 unspecified atom stereocenters. The Morgan fingerprint density at radius 2 is 2.10 bits per heavy atom. The van der Waals surface area contributed by atoms with Gasteiger partial charge in [0.15, 0.2) is 0 Å². The predicted octanol–water partition coefficient (Wildman–Crippen LogP) is 1.85. The quantitative estimate of drug-likeness (QED) is 0.926. The first-order valence-electron chi connectivity index (χ1n) is 6.80. The minimum atomic E-state index is -0.831. The summed E-state index contributed by atoms with van der Waals surface area (Å²) in [6.45, 7) is 5.22. The predicted molar refractivity (Wildman–Crippen MR) is 79.7 cm³/mol. The molecule has 1 fully saturated rings. The molecule has 1 atom stereocenters. The van der Waals surface area contributed by atoms with Gasteiger partial charge in [-0.15, -0.1) is 0 Å². The Kier molecular flexibility index (Phi) is 4.68. The molecule has 1 aromatic rings. The average molecular weight is 297 g/mol. The van der Waals surface area contributed by atoms with Crippen LogP contribution in [0.5, 0.6) is 0 Å². The van der Waals surface area contributed by atoms with Crippen LogP contribution in [0.4, 0.5) is 0 Å². The van der Waals surface area contributed by atoms with Crippen molar-refractivity contribution in [1.29, 1.82) is 0 Å². The summed E-state index contributed by atoms with van der Waals surface area (Å²) in [5.41, 5.74) is 6.20. The van der Waals surface area contributed by atoms with Crippen LogP contribution in [0.1, 0.15) is 19.4 Å². The van der Waals surface area contributed by atoms with Gasteiger partial charge >= 0.3 is 0 Å². The first kappa shape index (κ1) is 15.3. The molecule has 110 valence electrons. The van der Waals surface area contributed by atoms with Gasteiger partial charge in [0, 0.05) is 24.5 Å². The van der Waals surface area contributed by atoms with E-state index >= 15 is 0 Å². The highest BCUT2D eigenvalue weighted by atomic mass is 35.5. The largest absolute Gasteiger partial charge is 0.374 e. The number of hydrogen-bond acceptors (Lipinski definition) is 3. The molecule has 20 heavy (non-hydrogen) atoms. The molecule has 0 bridgehead atoms. The minimum absolute atomic E-state index is 0.0104. The maximum Gasteiger partial charge on any atom is 0.242 e. The van der Waals surface area contributed by atoms with Crippen LogP contribution in [0.25, 0.3) is 0 Å². The van der Waals surface area contributed by atoms with Crippen LogP contribution in [0.15, 0.2) is 24.3 Å². The van der Waals surface area contributed by atoms with E-state index < -0.39 is 5.54 Å². The Balaban J connectivity index is 1.97. The summed E-state index contributed by atoms with van der Waals surface area (Å²) in [5.74, 6) is -0.0260. The van der Waals surface area contributed by atoms with E-state index in [1.54, 1.807) is 18.7 Å². The van der Waals surface area contributed by atoms with Crippen LogP contribution in [0.3, 0.4) is 0 Å². The van der Waals surface area contributed by atoms with Crippen LogP contribution in [0, 0.1) is 0 Å². The second-order valence-corrected chi connectivity index (χ2v) is 6.23. The van der Waals surface area contributed by atoms with Crippen molar-refractivity contribution >= 4 is 17.5 Å². The number of rotatable bonds is 3. The van der Waals surface area contributed by atoms with Crippen LogP contribution in [-0.2, 0) is 16.0 Å². The summed E-state index contributed by atoms with van der Waals surface area (Å²) in [6.07, 6.45) is 0.780. The normalized spacial score (nSPS) is 20.0. The Morgan fingerprint density at radius 3 is 2.70 bits per heavy atom. The molecular formula is C15H21ClN2O2. The van der Waals surface area contributed by atoms with Crippen LogP contribution >= 0.6 is 11.6 Å². The van der Waals surface area contributed by atoms with Gasteiger partial charge in [-0.2, -0.15) is 0 Å². The lowest BCUT2D eigenvalue weighted by Gasteiger charge is -2.36. The van der Waals surface area contributed by atoms with Crippen LogP contribution < -0.4 is 5.73 Å². The molecule has 0 aliphatic carbocycles. The third-order valence-corrected chi connectivity index (χ3v) is 3.61. The number of morpholine rings is 1. The second-order valence-electron chi connectivity index (χ2n) is 5.80. The number of benzene rings is 1. The molecule has 2 rings (SSSR count). The Hall–Kier alpha value is -1.10. The molecule has 1 aromatic carbocycles. The smallest absolute Gasteiger partial charge is 0.242 e. The monoisotopic (exact) mass is 296 g/mol. The fourth-order valence-electron chi connectivity index (χ4n) is 2.32. The number of nitrogens with two attached hydrogens (primary N) is 1. The zero-order valence-corrected chi connectivity index (χ0v) is 12.7. The van der Waals surface area contributed by atoms with Gasteiger partial charge < -0.3 is 15.4 Å². The van der Waals surface area contributed by atoms with E-state index in [0.717, 1.165) is 17.0 Å². The summed E-state index contributed by atoms with van der Waals surface area (Å²) in [7, 11) is 0. The summed E-state index contributed by atoms with van der Waals surface area (Å²) in [4.78, 5) is 14.0. The lowest BCUT2D eigenvalue weighted by molar-refractivity contribution is -0.143. The molecule has 0 radical (unpaired) electrons. The van der Waals surface area contributed by atoms with Gasteiger partial charge in [-0.1, -0.05) is 23.7 Å². The second kappa shape index (κ2) is 6.12. The van der Waals surface area contributed by atoms with Crippen molar-refractivity contribution in [2.75, 3.05) is 19.7 Å². The van der Waals surface area contributed by atoms with E-state index in [9.17, 15) is 4.79 Å². The highest BCUT2D eigenvalue weighted by Crippen LogP contribution is 2.16. The number of ether oxygens (including phenoxy) is 1. The van der Waals surface area contributed by atoms with Crippen molar-refractivity contribution in [1.82, 2.24) is 4.90 Å². The van der Waals surface area contributed by atoms with Gasteiger partial charge in [0.25, 0.3) is 0 Å². The minimum Gasteiger partial charge on any atom is -0.374 e.